The SMILES string of the molecule is NC(=O)CN1N=CN2NC(c3ccccc3)CC2C1=O. The maximum Gasteiger partial charge on any atom is 0.267 e. The highest BCUT2D eigenvalue weighted by Crippen LogP contribution is 2.29. The first-order valence-electron chi connectivity index (χ1n) is 6.38. The minimum Gasteiger partial charge on any atom is -0.368 e. The van der Waals surface area contributed by atoms with Crippen molar-refractivity contribution in [2.75, 3.05) is 6.54 Å². The van der Waals surface area contributed by atoms with E-state index in [4.69, 9.17) is 5.73 Å². The maximum atomic E-state index is 12.2. The fourth-order valence-electron chi connectivity index (χ4n) is 2.50. The molecule has 0 radical (unpaired) electrons. The Hall–Kier alpha value is -2.41. The van der Waals surface area contributed by atoms with Crippen LogP contribution in [0.25, 0.3) is 0 Å². The maximum absolute atomic E-state index is 12.2. The van der Waals surface area contributed by atoms with Crippen LogP contribution in [0.4, 0.5) is 0 Å². The van der Waals surface area contributed by atoms with Gasteiger partial charge in [0.05, 0.1) is 6.04 Å². The van der Waals surface area contributed by atoms with Gasteiger partial charge in [-0.1, -0.05) is 30.3 Å². The van der Waals surface area contributed by atoms with Crippen LogP contribution in [0, 0.1) is 0 Å². The van der Waals surface area contributed by atoms with Crippen molar-refractivity contribution in [1.82, 2.24) is 15.4 Å². The van der Waals surface area contributed by atoms with Crippen LogP contribution in [0.2, 0.25) is 0 Å². The summed E-state index contributed by atoms with van der Waals surface area (Å²) in [6, 6.07) is 9.61. The number of fused-ring (bicyclic) bond motifs is 1. The van der Waals surface area contributed by atoms with Crippen molar-refractivity contribution in [1.29, 1.82) is 0 Å². The van der Waals surface area contributed by atoms with Gasteiger partial charge in [0.15, 0.2) is 0 Å². The highest BCUT2D eigenvalue weighted by Gasteiger charge is 2.41. The first-order valence-corrected chi connectivity index (χ1v) is 6.38. The van der Waals surface area contributed by atoms with Gasteiger partial charge < -0.3 is 5.73 Å². The van der Waals surface area contributed by atoms with Gasteiger partial charge in [-0.05, 0) is 12.0 Å². The van der Waals surface area contributed by atoms with E-state index in [9.17, 15) is 9.59 Å². The molecule has 104 valence electrons. The molecule has 20 heavy (non-hydrogen) atoms. The smallest absolute Gasteiger partial charge is 0.267 e. The van der Waals surface area contributed by atoms with Crippen LogP contribution in [-0.2, 0) is 9.59 Å². The number of rotatable bonds is 3. The molecule has 1 fully saturated rings. The van der Waals surface area contributed by atoms with E-state index in [1.807, 2.05) is 30.3 Å². The Morgan fingerprint density at radius 3 is 2.85 bits per heavy atom. The monoisotopic (exact) mass is 273 g/mol. The third kappa shape index (κ3) is 2.23. The Morgan fingerprint density at radius 1 is 1.40 bits per heavy atom. The lowest BCUT2D eigenvalue weighted by molar-refractivity contribution is -0.139. The average molecular weight is 273 g/mol. The minimum atomic E-state index is -0.575. The van der Waals surface area contributed by atoms with Crippen LogP contribution in [0.5, 0.6) is 0 Å². The number of carbonyl (C=O) groups is 2. The summed E-state index contributed by atoms with van der Waals surface area (Å²) >= 11 is 0. The first-order chi connectivity index (χ1) is 9.65. The normalized spacial score (nSPS) is 24.9. The van der Waals surface area contributed by atoms with Gasteiger partial charge in [0.1, 0.15) is 18.9 Å². The van der Waals surface area contributed by atoms with E-state index < -0.39 is 5.91 Å². The van der Waals surface area contributed by atoms with E-state index in [1.165, 1.54) is 6.34 Å². The van der Waals surface area contributed by atoms with Gasteiger partial charge in [-0.25, -0.2) is 10.4 Å². The summed E-state index contributed by atoms with van der Waals surface area (Å²) in [7, 11) is 0. The fourth-order valence-corrected chi connectivity index (χ4v) is 2.50. The Bertz CT molecular complexity index is 559. The van der Waals surface area contributed by atoms with Crippen LogP contribution < -0.4 is 11.2 Å². The largest absolute Gasteiger partial charge is 0.368 e. The van der Waals surface area contributed by atoms with Crippen molar-refractivity contribution < 1.29 is 9.59 Å². The molecule has 7 heteroatoms. The van der Waals surface area contributed by atoms with Crippen molar-refractivity contribution in [3.8, 4) is 0 Å². The lowest BCUT2D eigenvalue weighted by atomic mass is 10.0. The number of hydrazine groups is 1. The van der Waals surface area contributed by atoms with Crippen molar-refractivity contribution in [2.24, 2.45) is 10.8 Å². The van der Waals surface area contributed by atoms with Crippen LogP contribution >= 0.6 is 0 Å². The third-order valence-electron chi connectivity index (χ3n) is 3.46. The summed E-state index contributed by atoms with van der Waals surface area (Å²) in [6.45, 7) is -0.185. The van der Waals surface area contributed by atoms with Crippen LogP contribution in [0.15, 0.2) is 35.4 Å². The highest BCUT2D eigenvalue weighted by molar-refractivity contribution is 5.90. The second kappa shape index (κ2) is 4.93. The molecule has 2 aliphatic heterocycles. The lowest BCUT2D eigenvalue weighted by Crippen LogP contribution is -2.52. The molecule has 1 aromatic carbocycles. The molecule has 2 unspecified atom stereocenters. The molecule has 0 spiro atoms. The van der Waals surface area contributed by atoms with E-state index in [1.54, 1.807) is 5.01 Å². The minimum absolute atomic E-state index is 0.0603. The van der Waals surface area contributed by atoms with Crippen LogP contribution in [0.3, 0.4) is 0 Å². The predicted molar refractivity (Wildman–Crippen MR) is 72.0 cm³/mol. The number of nitrogens with zero attached hydrogens (tertiary/aromatic N) is 3. The Morgan fingerprint density at radius 2 is 2.15 bits per heavy atom. The second-order valence-corrected chi connectivity index (χ2v) is 4.84. The molecule has 1 aromatic rings. The van der Waals surface area contributed by atoms with Gasteiger partial charge in [-0.2, -0.15) is 5.10 Å². The summed E-state index contributed by atoms with van der Waals surface area (Å²) in [6.07, 6.45) is 2.15. The fraction of sp³-hybridized carbons (Fsp3) is 0.308. The summed E-state index contributed by atoms with van der Waals surface area (Å²) in [5.41, 5.74) is 9.45. The number of hydrogen-bond acceptors (Lipinski definition) is 5. The molecular weight excluding hydrogens is 258 g/mol. The zero-order chi connectivity index (χ0) is 14.1. The van der Waals surface area contributed by atoms with Gasteiger partial charge in [0.2, 0.25) is 5.91 Å². The first kappa shape index (κ1) is 12.6. The Balaban J connectivity index is 1.76. The lowest BCUT2D eigenvalue weighted by Gasteiger charge is -2.29. The third-order valence-corrected chi connectivity index (χ3v) is 3.46. The van der Waals surface area contributed by atoms with Gasteiger partial charge >= 0.3 is 0 Å². The number of nitrogens with two attached hydrogens (primary N) is 1. The number of hydrazone groups is 1. The topological polar surface area (TPSA) is 91.0 Å². The van der Waals surface area contributed by atoms with E-state index in [0.717, 1.165) is 10.6 Å². The molecule has 0 bridgehead atoms. The van der Waals surface area contributed by atoms with Crippen molar-refractivity contribution in [2.45, 2.75) is 18.5 Å². The summed E-state index contributed by atoms with van der Waals surface area (Å²) in [4.78, 5) is 23.2. The summed E-state index contributed by atoms with van der Waals surface area (Å²) in [5.74, 6) is -0.785. The number of carbonyl (C=O) groups excluding carboxylic acids is 2. The van der Waals surface area contributed by atoms with Gasteiger partial charge in [0, 0.05) is 0 Å². The standard InChI is InChI=1S/C13H15N5O2/c14-12(19)7-17-13(20)11-6-10(16-18(11)8-15-17)9-4-2-1-3-5-9/h1-5,8,10-11,16H,6-7H2,(H2,14,19). The molecule has 7 nitrogen and oxygen atoms in total. The van der Waals surface area contributed by atoms with Gasteiger partial charge in [-0.3, -0.25) is 14.6 Å². The zero-order valence-corrected chi connectivity index (χ0v) is 10.8. The molecule has 0 aromatic heterocycles. The molecule has 2 aliphatic rings. The molecule has 3 N–H and O–H groups in total. The van der Waals surface area contributed by atoms with Gasteiger partial charge in [0.25, 0.3) is 5.91 Å². The molecule has 1 saturated heterocycles. The van der Waals surface area contributed by atoms with Crippen molar-refractivity contribution in [3.63, 3.8) is 0 Å². The Kier molecular flexibility index (Phi) is 3.11. The highest BCUT2D eigenvalue weighted by atomic mass is 16.2. The number of amides is 2. The van der Waals surface area contributed by atoms with E-state index >= 15 is 0 Å². The molecule has 2 amide bonds. The van der Waals surface area contributed by atoms with Crippen molar-refractivity contribution >= 4 is 18.2 Å². The number of primary amides is 1. The quantitative estimate of drug-likeness (QED) is 0.782. The van der Waals surface area contributed by atoms with Crippen LogP contribution in [-0.4, -0.2) is 40.8 Å². The summed E-state index contributed by atoms with van der Waals surface area (Å²) < 4.78 is 0. The van der Waals surface area contributed by atoms with Gasteiger partial charge in [-0.15, -0.1) is 0 Å². The molecular formula is C13H15N5O2. The number of hydrogen-bond donors (Lipinski definition) is 2. The van der Waals surface area contributed by atoms with E-state index in [0.29, 0.717) is 6.42 Å². The number of nitrogens with one attached hydrogen (secondary N) is 1. The molecule has 2 atom stereocenters. The molecule has 2 heterocycles. The van der Waals surface area contributed by atoms with Crippen LogP contribution in [0.1, 0.15) is 18.0 Å². The zero-order valence-electron chi connectivity index (χ0n) is 10.8. The number of benzene rings is 1. The van der Waals surface area contributed by atoms with E-state index in [2.05, 4.69) is 10.5 Å². The summed E-state index contributed by atoms with van der Waals surface area (Å²) in [5, 5.41) is 6.76. The Labute approximate surface area is 116 Å². The predicted octanol–water partition coefficient (Wildman–Crippen LogP) is -0.423. The second-order valence-electron chi connectivity index (χ2n) is 4.84. The van der Waals surface area contributed by atoms with Crippen molar-refractivity contribution in [3.05, 3.63) is 35.9 Å². The van der Waals surface area contributed by atoms with E-state index in [-0.39, 0.29) is 24.5 Å². The molecule has 0 aliphatic carbocycles. The average Bonchev–Trinajstić information content (AvgIpc) is 2.87. The molecule has 0 saturated carbocycles. The molecule has 3 rings (SSSR count).